The Morgan fingerprint density at radius 1 is 0.950 bits per heavy atom. The van der Waals surface area contributed by atoms with Crippen molar-refractivity contribution in [2.75, 3.05) is 0 Å². The summed E-state index contributed by atoms with van der Waals surface area (Å²) in [6.45, 7) is 0.460. The molecule has 20 heavy (non-hydrogen) atoms. The number of carbonyl (C=O) groups is 1. The van der Waals surface area contributed by atoms with Gasteiger partial charge < -0.3 is 5.32 Å². The van der Waals surface area contributed by atoms with E-state index >= 15 is 0 Å². The summed E-state index contributed by atoms with van der Waals surface area (Å²) in [5.74, 6) is -0.0934. The van der Waals surface area contributed by atoms with E-state index in [0.29, 0.717) is 21.6 Å². The van der Waals surface area contributed by atoms with Crippen LogP contribution in [0.5, 0.6) is 0 Å². The van der Waals surface area contributed by atoms with Crippen molar-refractivity contribution in [2.45, 2.75) is 13.0 Å². The van der Waals surface area contributed by atoms with Crippen LogP contribution in [0, 0.1) is 0 Å². The van der Waals surface area contributed by atoms with Gasteiger partial charge in [-0.3, -0.25) is 4.79 Å². The largest absolute Gasteiger partial charge is 0.352 e. The number of hydrogen-bond donors (Lipinski definition) is 1. The maximum Gasteiger partial charge on any atom is 0.224 e. The van der Waals surface area contributed by atoms with Gasteiger partial charge in [-0.25, -0.2) is 0 Å². The number of hydrogen-bond acceptors (Lipinski definition) is 1. The van der Waals surface area contributed by atoms with E-state index in [9.17, 15) is 4.79 Å². The first kappa shape index (κ1) is 15.2. The quantitative estimate of drug-likeness (QED) is 0.879. The van der Waals surface area contributed by atoms with Crippen molar-refractivity contribution in [2.24, 2.45) is 0 Å². The summed E-state index contributed by atoms with van der Waals surface area (Å²) in [5.41, 5.74) is 1.75. The Morgan fingerprint density at radius 2 is 1.60 bits per heavy atom. The third-order valence-electron chi connectivity index (χ3n) is 2.77. The van der Waals surface area contributed by atoms with Gasteiger partial charge in [0.25, 0.3) is 0 Å². The number of rotatable bonds is 4. The molecule has 0 saturated carbocycles. The zero-order valence-corrected chi connectivity index (χ0v) is 12.8. The van der Waals surface area contributed by atoms with Gasteiger partial charge >= 0.3 is 0 Å². The van der Waals surface area contributed by atoms with E-state index in [1.54, 1.807) is 30.3 Å². The van der Waals surface area contributed by atoms with Crippen molar-refractivity contribution in [1.29, 1.82) is 0 Å². The molecule has 0 aromatic heterocycles. The van der Waals surface area contributed by atoms with Crippen molar-refractivity contribution >= 4 is 40.7 Å². The van der Waals surface area contributed by atoms with E-state index < -0.39 is 0 Å². The third kappa shape index (κ3) is 4.41. The maximum absolute atomic E-state index is 11.9. The fourth-order valence-corrected chi connectivity index (χ4v) is 2.30. The summed E-state index contributed by atoms with van der Waals surface area (Å²) < 4.78 is 0. The van der Waals surface area contributed by atoms with Crippen molar-refractivity contribution in [3.8, 4) is 0 Å². The molecule has 2 rings (SSSR count). The molecule has 0 aliphatic rings. The Bertz CT molecular complexity index is 611. The standard InChI is InChI=1S/C15H12Cl3NO/c16-12-4-1-10(2-5-12)9-19-15(20)7-11-3-6-13(17)8-14(11)18/h1-6,8H,7,9H2,(H,19,20). The lowest BCUT2D eigenvalue weighted by molar-refractivity contribution is -0.120. The Labute approximate surface area is 132 Å². The van der Waals surface area contributed by atoms with E-state index in [1.165, 1.54) is 0 Å². The highest BCUT2D eigenvalue weighted by Crippen LogP contribution is 2.21. The normalized spacial score (nSPS) is 10.3. The molecule has 0 aliphatic carbocycles. The van der Waals surface area contributed by atoms with E-state index in [1.807, 2.05) is 12.1 Å². The predicted octanol–water partition coefficient (Wildman–Crippen LogP) is 4.51. The van der Waals surface area contributed by atoms with Gasteiger partial charge in [-0.2, -0.15) is 0 Å². The molecule has 104 valence electrons. The van der Waals surface area contributed by atoms with Crippen LogP contribution in [0.25, 0.3) is 0 Å². The van der Waals surface area contributed by atoms with Crippen LogP contribution in [-0.2, 0) is 17.8 Å². The van der Waals surface area contributed by atoms with Crippen LogP contribution in [0.1, 0.15) is 11.1 Å². The molecular formula is C15H12Cl3NO. The molecule has 5 heteroatoms. The molecule has 0 unspecified atom stereocenters. The zero-order chi connectivity index (χ0) is 14.5. The first-order chi connectivity index (χ1) is 9.54. The minimum absolute atomic E-state index is 0.0934. The van der Waals surface area contributed by atoms with Crippen LogP contribution >= 0.6 is 34.8 Å². The topological polar surface area (TPSA) is 29.1 Å². The van der Waals surface area contributed by atoms with Gasteiger partial charge in [-0.05, 0) is 35.4 Å². The van der Waals surface area contributed by atoms with Crippen LogP contribution in [-0.4, -0.2) is 5.91 Å². The minimum Gasteiger partial charge on any atom is -0.352 e. The van der Waals surface area contributed by atoms with Crippen molar-refractivity contribution in [3.63, 3.8) is 0 Å². The molecule has 0 heterocycles. The first-order valence-electron chi connectivity index (χ1n) is 5.99. The molecule has 1 N–H and O–H groups in total. The second-order valence-electron chi connectivity index (χ2n) is 4.32. The molecule has 0 bridgehead atoms. The Kier molecular flexibility index (Phi) is 5.30. The van der Waals surface area contributed by atoms with Gasteiger partial charge in [0, 0.05) is 21.6 Å². The molecule has 2 aromatic rings. The van der Waals surface area contributed by atoms with Gasteiger partial charge in [0.05, 0.1) is 6.42 Å². The van der Waals surface area contributed by atoms with Gasteiger partial charge in [0.2, 0.25) is 5.91 Å². The van der Waals surface area contributed by atoms with Crippen LogP contribution < -0.4 is 5.32 Å². The highest BCUT2D eigenvalue weighted by molar-refractivity contribution is 6.35. The molecule has 1 amide bonds. The molecule has 0 saturated heterocycles. The number of halogens is 3. The third-order valence-corrected chi connectivity index (χ3v) is 3.61. The van der Waals surface area contributed by atoms with Crippen LogP contribution in [0.3, 0.4) is 0 Å². The van der Waals surface area contributed by atoms with Gasteiger partial charge in [0.15, 0.2) is 0 Å². The second kappa shape index (κ2) is 6.98. The average molecular weight is 329 g/mol. The summed E-state index contributed by atoms with van der Waals surface area (Å²) in [4.78, 5) is 11.9. The Morgan fingerprint density at radius 3 is 2.25 bits per heavy atom. The molecule has 0 radical (unpaired) electrons. The monoisotopic (exact) mass is 327 g/mol. The maximum atomic E-state index is 11.9. The lowest BCUT2D eigenvalue weighted by Gasteiger charge is -2.07. The molecular weight excluding hydrogens is 317 g/mol. The minimum atomic E-state index is -0.0934. The zero-order valence-electron chi connectivity index (χ0n) is 10.5. The Hall–Kier alpha value is -1.22. The highest BCUT2D eigenvalue weighted by atomic mass is 35.5. The van der Waals surface area contributed by atoms with Crippen molar-refractivity contribution in [1.82, 2.24) is 5.32 Å². The fourth-order valence-electron chi connectivity index (χ4n) is 1.70. The summed E-state index contributed by atoms with van der Waals surface area (Å²) in [6, 6.07) is 12.4. The van der Waals surface area contributed by atoms with Gasteiger partial charge in [0.1, 0.15) is 0 Å². The first-order valence-corrected chi connectivity index (χ1v) is 7.13. The SMILES string of the molecule is O=C(Cc1ccc(Cl)cc1Cl)NCc1ccc(Cl)cc1. The van der Waals surface area contributed by atoms with E-state index in [4.69, 9.17) is 34.8 Å². The van der Waals surface area contributed by atoms with Gasteiger partial charge in [-0.15, -0.1) is 0 Å². The second-order valence-corrected chi connectivity index (χ2v) is 5.60. The highest BCUT2D eigenvalue weighted by Gasteiger charge is 2.07. The van der Waals surface area contributed by atoms with Crippen LogP contribution in [0.4, 0.5) is 0 Å². The van der Waals surface area contributed by atoms with E-state index in [0.717, 1.165) is 11.1 Å². The summed E-state index contributed by atoms with van der Waals surface area (Å²) in [7, 11) is 0. The number of amides is 1. The lowest BCUT2D eigenvalue weighted by atomic mass is 10.1. The van der Waals surface area contributed by atoms with Gasteiger partial charge in [-0.1, -0.05) is 53.0 Å². The number of benzene rings is 2. The lowest BCUT2D eigenvalue weighted by Crippen LogP contribution is -2.24. The van der Waals surface area contributed by atoms with Crippen molar-refractivity contribution < 1.29 is 4.79 Å². The molecule has 0 spiro atoms. The van der Waals surface area contributed by atoms with Crippen LogP contribution in [0.15, 0.2) is 42.5 Å². The van der Waals surface area contributed by atoms with E-state index in [2.05, 4.69) is 5.32 Å². The molecule has 2 aromatic carbocycles. The molecule has 0 fully saturated rings. The number of carbonyl (C=O) groups excluding carboxylic acids is 1. The number of nitrogens with one attached hydrogen (secondary N) is 1. The fraction of sp³-hybridized carbons (Fsp3) is 0.133. The van der Waals surface area contributed by atoms with Crippen LogP contribution in [0.2, 0.25) is 15.1 Å². The smallest absolute Gasteiger partial charge is 0.224 e. The van der Waals surface area contributed by atoms with Crippen molar-refractivity contribution in [3.05, 3.63) is 68.7 Å². The summed E-state index contributed by atoms with van der Waals surface area (Å²) in [6.07, 6.45) is 0.226. The molecule has 0 atom stereocenters. The molecule has 0 aliphatic heterocycles. The predicted molar refractivity (Wildman–Crippen MR) is 83.5 cm³/mol. The average Bonchev–Trinajstić information content (AvgIpc) is 2.41. The summed E-state index contributed by atoms with van der Waals surface area (Å²) >= 11 is 17.6. The Balaban J connectivity index is 1.90. The summed E-state index contributed by atoms with van der Waals surface area (Å²) in [5, 5.41) is 4.56. The van der Waals surface area contributed by atoms with E-state index in [-0.39, 0.29) is 12.3 Å². The molecule has 2 nitrogen and oxygen atoms in total.